The average Bonchev–Trinajstić information content (AvgIpc) is 2.27. The van der Waals surface area contributed by atoms with Crippen LogP contribution in [0.2, 0.25) is 0 Å². The monoisotopic (exact) mass is 292 g/mol. The Morgan fingerprint density at radius 1 is 1.00 bits per heavy atom. The molecule has 0 unspecified atom stereocenters. The van der Waals surface area contributed by atoms with Crippen molar-refractivity contribution in [2.75, 3.05) is 25.4 Å². The van der Waals surface area contributed by atoms with Gasteiger partial charge in [0.05, 0.1) is 5.75 Å². The Balaban J connectivity index is 4.01. The van der Waals surface area contributed by atoms with Gasteiger partial charge in [0.2, 0.25) is 10.0 Å². The second-order valence-electron chi connectivity index (χ2n) is 5.92. The molecule has 19 heavy (non-hydrogen) atoms. The Hall–Kier alpha value is -0.130. The molecule has 0 saturated heterocycles. The molecule has 0 aliphatic rings. The number of hydrogen-bond acceptors (Lipinski definition) is 3. The lowest BCUT2D eigenvalue weighted by atomic mass is 9.86. The lowest BCUT2D eigenvalue weighted by Crippen LogP contribution is -2.35. The average molecular weight is 292 g/mol. The van der Waals surface area contributed by atoms with E-state index in [1.807, 2.05) is 0 Å². The molecule has 0 aliphatic carbocycles. The molecule has 0 bridgehead atoms. The summed E-state index contributed by atoms with van der Waals surface area (Å²) in [6.07, 6.45) is 1.75. The van der Waals surface area contributed by atoms with Gasteiger partial charge in [-0.05, 0) is 43.7 Å². The summed E-state index contributed by atoms with van der Waals surface area (Å²) in [6, 6.07) is 0. The van der Waals surface area contributed by atoms with E-state index in [1.54, 1.807) is 0 Å². The minimum Gasteiger partial charge on any atom is -0.317 e. The van der Waals surface area contributed by atoms with Gasteiger partial charge in [0, 0.05) is 6.54 Å². The first-order chi connectivity index (χ1) is 8.80. The molecular weight excluding hydrogens is 260 g/mol. The van der Waals surface area contributed by atoms with Gasteiger partial charge in [-0.2, -0.15) is 0 Å². The molecule has 0 aromatic rings. The second-order valence-corrected chi connectivity index (χ2v) is 7.85. The van der Waals surface area contributed by atoms with Crippen molar-refractivity contribution < 1.29 is 8.42 Å². The van der Waals surface area contributed by atoms with Crippen LogP contribution in [0.15, 0.2) is 0 Å². The third-order valence-electron chi connectivity index (χ3n) is 3.44. The maximum Gasteiger partial charge on any atom is 0.211 e. The fourth-order valence-corrected chi connectivity index (χ4v) is 3.34. The Kier molecular flexibility index (Phi) is 9.66. The van der Waals surface area contributed by atoms with Gasteiger partial charge >= 0.3 is 0 Å². The smallest absolute Gasteiger partial charge is 0.211 e. The molecule has 0 aromatic heterocycles. The summed E-state index contributed by atoms with van der Waals surface area (Å²) in [4.78, 5) is 0. The highest BCUT2D eigenvalue weighted by molar-refractivity contribution is 7.89. The summed E-state index contributed by atoms with van der Waals surface area (Å²) in [5, 5.41) is 3.22. The van der Waals surface area contributed by atoms with Crippen molar-refractivity contribution in [3.63, 3.8) is 0 Å². The Morgan fingerprint density at radius 3 is 2.05 bits per heavy atom. The van der Waals surface area contributed by atoms with Crippen LogP contribution in [0.5, 0.6) is 0 Å². The first-order valence-corrected chi connectivity index (χ1v) is 9.13. The van der Waals surface area contributed by atoms with E-state index < -0.39 is 10.0 Å². The van der Waals surface area contributed by atoms with Crippen LogP contribution in [0.3, 0.4) is 0 Å². The van der Waals surface area contributed by atoms with Crippen LogP contribution in [0.25, 0.3) is 0 Å². The lowest BCUT2D eigenvalue weighted by molar-refractivity contribution is 0.289. The molecule has 0 saturated carbocycles. The fraction of sp³-hybridized carbons (Fsp3) is 1.00. The highest BCUT2D eigenvalue weighted by Crippen LogP contribution is 2.19. The van der Waals surface area contributed by atoms with Crippen molar-refractivity contribution >= 4 is 10.0 Å². The molecule has 0 aliphatic heterocycles. The molecule has 4 nitrogen and oxygen atoms in total. The van der Waals surface area contributed by atoms with Gasteiger partial charge in [0.15, 0.2) is 0 Å². The first-order valence-electron chi connectivity index (χ1n) is 7.48. The molecule has 5 heteroatoms. The number of sulfonamides is 1. The molecular formula is C14H32N2O2S. The van der Waals surface area contributed by atoms with Crippen LogP contribution in [-0.4, -0.2) is 33.8 Å². The van der Waals surface area contributed by atoms with Crippen molar-refractivity contribution in [2.45, 2.75) is 47.5 Å². The lowest BCUT2D eigenvalue weighted by Gasteiger charge is -2.25. The zero-order valence-electron chi connectivity index (χ0n) is 13.2. The maximum absolute atomic E-state index is 11.9. The van der Waals surface area contributed by atoms with Crippen LogP contribution in [-0.2, 0) is 10.0 Å². The van der Waals surface area contributed by atoms with Crippen LogP contribution >= 0.6 is 0 Å². The predicted octanol–water partition coefficient (Wildman–Crippen LogP) is 2.22. The molecule has 0 heterocycles. The quantitative estimate of drug-likeness (QED) is 0.574. The Morgan fingerprint density at radius 2 is 1.58 bits per heavy atom. The van der Waals surface area contributed by atoms with Gasteiger partial charge in [-0.1, -0.05) is 34.6 Å². The molecule has 0 spiro atoms. The SMILES string of the molecule is CCCNCCCS(=O)(=O)NCC(C(C)C)C(C)C. The van der Waals surface area contributed by atoms with E-state index in [2.05, 4.69) is 44.7 Å². The van der Waals surface area contributed by atoms with E-state index in [-0.39, 0.29) is 5.75 Å². The summed E-state index contributed by atoms with van der Waals surface area (Å²) in [5.74, 6) is 1.60. The third kappa shape index (κ3) is 9.41. The number of hydrogen-bond donors (Lipinski definition) is 2. The van der Waals surface area contributed by atoms with Gasteiger partial charge in [-0.25, -0.2) is 13.1 Å². The number of rotatable bonds is 11. The minimum absolute atomic E-state index is 0.215. The molecule has 0 aromatic carbocycles. The van der Waals surface area contributed by atoms with Crippen molar-refractivity contribution in [2.24, 2.45) is 17.8 Å². The standard InChI is InChI=1S/C14H32N2O2S/c1-6-8-15-9-7-10-19(17,18)16-11-14(12(2)3)13(4)5/h12-16H,6-11H2,1-5H3. The normalized spacial score (nSPS) is 12.8. The van der Waals surface area contributed by atoms with Crippen molar-refractivity contribution in [1.29, 1.82) is 0 Å². The predicted molar refractivity (Wildman–Crippen MR) is 82.7 cm³/mol. The highest BCUT2D eigenvalue weighted by atomic mass is 32.2. The summed E-state index contributed by atoms with van der Waals surface area (Å²) < 4.78 is 26.5. The van der Waals surface area contributed by atoms with Crippen molar-refractivity contribution in [3.05, 3.63) is 0 Å². The summed E-state index contributed by atoms with van der Waals surface area (Å²) >= 11 is 0. The van der Waals surface area contributed by atoms with E-state index >= 15 is 0 Å². The fourth-order valence-electron chi connectivity index (χ4n) is 2.23. The van der Waals surface area contributed by atoms with E-state index in [0.29, 0.717) is 30.7 Å². The van der Waals surface area contributed by atoms with Crippen LogP contribution in [0, 0.1) is 17.8 Å². The van der Waals surface area contributed by atoms with Crippen molar-refractivity contribution in [1.82, 2.24) is 10.0 Å². The van der Waals surface area contributed by atoms with Gasteiger partial charge in [-0.3, -0.25) is 0 Å². The Bertz CT molecular complexity index is 305. The van der Waals surface area contributed by atoms with Crippen LogP contribution < -0.4 is 10.0 Å². The van der Waals surface area contributed by atoms with Gasteiger partial charge in [0.1, 0.15) is 0 Å². The molecule has 0 rings (SSSR count). The van der Waals surface area contributed by atoms with Gasteiger partial charge < -0.3 is 5.32 Å². The summed E-state index contributed by atoms with van der Waals surface area (Å²) in [5.41, 5.74) is 0. The zero-order chi connectivity index (χ0) is 14.9. The largest absolute Gasteiger partial charge is 0.317 e. The minimum atomic E-state index is -3.12. The van der Waals surface area contributed by atoms with E-state index in [0.717, 1.165) is 19.5 Å². The van der Waals surface area contributed by atoms with E-state index in [1.165, 1.54) is 0 Å². The van der Waals surface area contributed by atoms with Gasteiger partial charge in [-0.15, -0.1) is 0 Å². The van der Waals surface area contributed by atoms with E-state index in [4.69, 9.17) is 0 Å². The summed E-state index contributed by atoms with van der Waals surface area (Å²) in [6.45, 7) is 13.0. The first kappa shape index (κ1) is 18.9. The second kappa shape index (κ2) is 9.72. The Labute approximate surface area is 119 Å². The molecule has 116 valence electrons. The third-order valence-corrected chi connectivity index (χ3v) is 4.88. The zero-order valence-corrected chi connectivity index (χ0v) is 14.0. The highest BCUT2D eigenvalue weighted by Gasteiger charge is 2.20. The molecule has 0 radical (unpaired) electrons. The van der Waals surface area contributed by atoms with Crippen LogP contribution in [0.1, 0.15) is 47.5 Å². The molecule has 0 fully saturated rings. The molecule has 2 N–H and O–H groups in total. The topological polar surface area (TPSA) is 58.2 Å². The van der Waals surface area contributed by atoms with E-state index in [9.17, 15) is 8.42 Å². The molecule has 0 amide bonds. The summed E-state index contributed by atoms with van der Waals surface area (Å²) in [7, 11) is -3.12. The van der Waals surface area contributed by atoms with Crippen LogP contribution in [0.4, 0.5) is 0 Å². The van der Waals surface area contributed by atoms with Gasteiger partial charge in [0.25, 0.3) is 0 Å². The molecule has 0 atom stereocenters. The van der Waals surface area contributed by atoms with Crippen molar-refractivity contribution in [3.8, 4) is 0 Å². The maximum atomic E-state index is 11.9. The number of nitrogens with one attached hydrogen (secondary N) is 2.